The van der Waals surface area contributed by atoms with Crippen molar-refractivity contribution in [1.29, 1.82) is 0 Å². The monoisotopic (exact) mass is 400 g/mol. The van der Waals surface area contributed by atoms with Gasteiger partial charge in [0.05, 0.1) is 23.6 Å². The summed E-state index contributed by atoms with van der Waals surface area (Å²) in [5.41, 5.74) is 5.73. The van der Waals surface area contributed by atoms with Crippen molar-refractivity contribution in [3.63, 3.8) is 0 Å². The van der Waals surface area contributed by atoms with E-state index in [4.69, 9.17) is 9.15 Å². The van der Waals surface area contributed by atoms with Gasteiger partial charge in [-0.3, -0.25) is 10.1 Å². The van der Waals surface area contributed by atoms with Crippen molar-refractivity contribution in [1.82, 2.24) is 9.80 Å². The van der Waals surface area contributed by atoms with E-state index >= 15 is 0 Å². The topological polar surface area (TPSA) is 106 Å². The van der Waals surface area contributed by atoms with Crippen LogP contribution in [-0.4, -0.2) is 28.7 Å². The smallest absolute Gasteiger partial charge is 0.412 e. The van der Waals surface area contributed by atoms with Crippen molar-refractivity contribution in [3.05, 3.63) is 46.8 Å². The number of hydrogen-bond donors (Lipinski definition) is 2. The number of hydrogen-bond acceptors (Lipinski definition) is 7. The zero-order chi connectivity index (χ0) is 20.3. The van der Waals surface area contributed by atoms with E-state index in [1.165, 1.54) is 0 Å². The molecule has 0 saturated heterocycles. The van der Waals surface area contributed by atoms with Crippen LogP contribution in [0.15, 0.2) is 33.8 Å². The number of rotatable bonds is 5. The molecule has 0 fully saturated rings. The van der Waals surface area contributed by atoms with Gasteiger partial charge in [0.25, 0.3) is 0 Å². The van der Waals surface area contributed by atoms with Crippen molar-refractivity contribution in [3.8, 4) is 0 Å². The zero-order valence-electron chi connectivity index (χ0n) is 16.0. The molecule has 0 aliphatic carbocycles. The number of nitrogens with zero attached hydrogens (tertiary/aromatic N) is 2. The lowest BCUT2D eigenvalue weighted by Gasteiger charge is -2.06. The number of aryl methyl sites for hydroxylation is 2. The van der Waals surface area contributed by atoms with E-state index in [-0.39, 0.29) is 12.4 Å². The molecule has 0 bridgehead atoms. The summed E-state index contributed by atoms with van der Waals surface area (Å²) >= 11 is 1.12. The lowest BCUT2D eigenvalue weighted by atomic mass is 10.1. The predicted octanol–water partition coefficient (Wildman–Crippen LogP) is 4.23. The number of aromatic nitrogens is 1. The van der Waals surface area contributed by atoms with Gasteiger partial charge in [-0.1, -0.05) is 18.2 Å². The van der Waals surface area contributed by atoms with Crippen LogP contribution in [0.3, 0.4) is 0 Å². The van der Waals surface area contributed by atoms with E-state index < -0.39 is 12.0 Å². The van der Waals surface area contributed by atoms with Crippen LogP contribution in [0.25, 0.3) is 11.0 Å². The van der Waals surface area contributed by atoms with Crippen molar-refractivity contribution in [2.24, 2.45) is 5.10 Å². The molecular weight excluding hydrogens is 380 g/mol. The fraction of sp³-hybridized carbons (Fsp3) is 0.263. The summed E-state index contributed by atoms with van der Waals surface area (Å²) in [6, 6.07) is 7.44. The highest BCUT2D eigenvalue weighted by molar-refractivity contribution is 7.11. The molecule has 2 N–H and O–H groups in total. The minimum atomic E-state index is -0.567. The molecule has 2 heterocycles. The Labute approximate surface area is 165 Å². The van der Waals surface area contributed by atoms with Crippen molar-refractivity contribution < 1.29 is 18.7 Å². The molecule has 28 heavy (non-hydrogen) atoms. The normalized spacial score (nSPS) is 11.5. The molecule has 3 rings (SSSR count). The van der Waals surface area contributed by atoms with Gasteiger partial charge in [0.15, 0.2) is 5.76 Å². The molecule has 0 aliphatic rings. The lowest BCUT2D eigenvalue weighted by molar-refractivity contribution is 0.0928. The maximum atomic E-state index is 12.5. The number of furan rings is 1. The SMILES string of the molecule is CCOC(=O)Nc1snc(C)c1/C(C)=N/NC(=O)c1oc2ccccc2c1C. The molecule has 0 atom stereocenters. The standard InChI is InChI=1S/C19H20N4O4S/c1-5-26-19(25)20-18-15(12(4)23-28-18)11(3)21-22-17(24)16-10(2)13-8-6-7-9-14(13)27-16/h6-9H,5H2,1-4H3,(H,20,25)(H,22,24)/b21-11+. The van der Waals surface area contributed by atoms with Crippen molar-refractivity contribution >= 4 is 45.2 Å². The number of nitrogens with one attached hydrogen (secondary N) is 2. The third-order valence-electron chi connectivity index (χ3n) is 4.09. The molecule has 0 radical (unpaired) electrons. The molecular formula is C19H20N4O4S. The summed E-state index contributed by atoms with van der Waals surface area (Å²) in [4.78, 5) is 24.2. The highest BCUT2D eigenvalue weighted by Gasteiger charge is 2.19. The van der Waals surface area contributed by atoms with Crippen LogP contribution in [0.1, 0.15) is 41.2 Å². The molecule has 9 heteroatoms. The van der Waals surface area contributed by atoms with Crippen LogP contribution in [0.5, 0.6) is 0 Å². The van der Waals surface area contributed by atoms with Gasteiger partial charge >= 0.3 is 12.0 Å². The van der Waals surface area contributed by atoms with Gasteiger partial charge in [-0.15, -0.1) is 0 Å². The number of ether oxygens (including phenoxy) is 1. The molecule has 0 saturated carbocycles. The van der Waals surface area contributed by atoms with Crippen molar-refractivity contribution in [2.75, 3.05) is 11.9 Å². The highest BCUT2D eigenvalue weighted by atomic mass is 32.1. The molecule has 0 spiro atoms. The van der Waals surface area contributed by atoms with Crippen LogP contribution in [0.4, 0.5) is 9.80 Å². The summed E-state index contributed by atoms with van der Waals surface area (Å²) in [6.07, 6.45) is -0.567. The van der Waals surface area contributed by atoms with Crippen molar-refractivity contribution in [2.45, 2.75) is 27.7 Å². The first-order chi connectivity index (χ1) is 13.4. The maximum absolute atomic E-state index is 12.5. The molecule has 146 valence electrons. The summed E-state index contributed by atoms with van der Waals surface area (Å²) < 4.78 is 14.8. The quantitative estimate of drug-likeness (QED) is 0.492. The number of carbonyl (C=O) groups is 2. The third kappa shape index (κ3) is 3.89. The molecule has 3 aromatic rings. The first-order valence-electron chi connectivity index (χ1n) is 8.65. The maximum Gasteiger partial charge on any atom is 0.412 e. The highest BCUT2D eigenvalue weighted by Crippen LogP contribution is 2.26. The lowest BCUT2D eigenvalue weighted by Crippen LogP contribution is -2.20. The number of hydrazone groups is 1. The first kappa shape index (κ1) is 19.6. The third-order valence-corrected chi connectivity index (χ3v) is 4.94. The Morgan fingerprint density at radius 3 is 2.75 bits per heavy atom. The number of carbonyl (C=O) groups excluding carboxylic acids is 2. The van der Waals surface area contributed by atoms with E-state index in [0.717, 1.165) is 22.5 Å². The Kier molecular flexibility index (Phi) is 5.74. The summed E-state index contributed by atoms with van der Waals surface area (Å²) in [5, 5.41) is 8.19. The second kappa shape index (κ2) is 8.22. The first-order valence-corrected chi connectivity index (χ1v) is 9.42. The zero-order valence-corrected chi connectivity index (χ0v) is 16.8. The average molecular weight is 400 g/mol. The van der Waals surface area contributed by atoms with E-state index in [0.29, 0.717) is 27.6 Å². The molecule has 2 aromatic heterocycles. The number of para-hydroxylation sites is 1. The van der Waals surface area contributed by atoms with E-state index in [2.05, 4.69) is 20.2 Å². The van der Waals surface area contributed by atoms with Gasteiger partial charge in [-0.05, 0) is 45.3 Å². The van der Waals surface area contributed by atoms with Crippen LogP contribution < -0.4 is 10.7 Å². The molecule has 0 unspecified atom stereocenters. The number of fused-ring (bicyclic) bond motifs is 1. The summed E-state index contributed by atoms with van der Waals surface area (Å²) in [7, 11) is 0. The van der Waals surface area contributed by atoms with E-state index in [9.17, 15) is 9.59 Å². The number of anilines is 1. The average Bonchev–Trinajstić information content (AvgIpc) is 3.20. The van der Waals surface area contributed by atoms with E-state index in [1.54, 1.807) is 26.8 Å². The van der Waals surface area contributed by atoms with Crippen LogP contribution in [0.2, 0.25) is 0 Å². The van der Waals surface area contributed by atoms with Crippen LogP contribution >= 0.6 is 11.5 Å². The second-order valence-corrected chi connectivity index (χ2v) is 6.78. The summed E-state index contributed by atoms with van der Waals surface area (Å²) in [5.74, 6) is -0.239. The van der Waals surface area contributed by atoms with Gasteiger partial charge in [0, 0.05) is 10.9 Å². The second-order valence-electron chi connectivity index (χ2n) is 6.01. The predicted molar refractivity (Wildman–Crippen MR) is 108 cm³/mol. The molecule has 2 amide bonds. The summed E-state index contributed by atoms with van der Waals surface area (Å²) in [6.45, 7) is 7.33. The van der Waals surface area contributed by atoms with Gasteiger partial charge in [-0.2, -0.15) is 9.47 Å². The molecule has 8 nitrogen and oxygen atoms in total. The van der Waals surface area contributed by atoms with Crippen LogP contribution in [0, 0.1) is 13.8 Å². The van der Waals surface area contributed by atoms with Gasteiger partial charge in [0.2, 0.25) is 0 Å². The Morgan fingerprint density at radius 1 is 1.29 bits per heavy atom. The minimum Gasteiger partial charge on any atom is -0.451 e. The van der Waals surface area contributed by atoms with E-state index in [1.807, 2.05) is 25.1 Å². The Balaban J connectivity index is 1.80. The number of benzene rings is 1. The molecule has 0 aliphatic heterocycles. The Morgan fingerprint density at radius 2 is 2.04 bits per heavy atom. The largest absolute Gasteiger partial charge is 0.451 e. The van der Waals surface area contributed by atoms with Crippen LogP contribution in [-0.2, 0) is 4.74 Å². The van der Waals surface area contributed by atoms with Gasteiger partial charge < -0.3 is 9.15 Å². The molecule has 1 aromatic carbocycles. The Bertz CT molecular complexity index is 1070. The fourth-order valence-electron chi connectivity index (χ4n) is 2.77. The van der Waals surface area contributed by atoms with Gasteiger partial charge in [-0.25, -0.2) is 10.2 Å². The minimum absolute atomic E-state index is 0.211. The fourth-order valence-corrected chi connectivity index (χ4v) is 3.61. The van der Waals surface area contributed by atoms with Gasteiger partial charge in [0.1, 0.15) is 10.6 Å². The Hall–Kier alpha value is -3.20. The number of amides is 2.